The first kappa shape index (κ1) is 45.6. The number of hydrogen-bond acceptors (Lipinski definition) is 7. The summed E-state index contributed by atoms with van der Waals surface area (Å²) in [6.07, 6.45) is -9.29. The fraction of sp³-hybridized carbons (Fsp3) is 0.842. The third-order valence-electron chi connectivity index (χ3n) is 11.8. The van der Waals surface area contributed by atoms with Gasteiger partial charge in [-0.25, -0.2) is 0 Å². The highest BCUT2D eigenvalue weighted by molar-refractivity contribution is 8.77. The lowest BCUT2D eigenvalue weighted by molar-refractivity contribution is -0.457. The zero-order valence-corrected chi connectivity index (χ0v) is 33.2. The normalized spacial score (nSPS) is 25.1. The molecule has 16 heteroatoms. The summed E-state index contributed by atoms with van der Waals surface area (Å²) in [6.45, 7) is 5.87. The quantitative estimate of drug-likeness (QED) is 0.0798. The van der Waals surface area contributed by atoms with Crippen LogP contribution in [0.3, 0.4) is 0 Å². The molecule has 0 radical (unpaired) electrons. The highest BCUT2D eigenvalue weighted by Crippen LogP contribution is 2.62. The molecule has 3 aliphatic carbocycles. The molecule has 4 rings (SSSR count). The number of aliphatic hydroxyl groups excluding tert-OH is 1. The number of unbranched alkanes of at least 4 members (excludes halogenated alkanes) is 3. The van der Waals surface area contributed by atoms with Gasteiger partial charge >= 0.3 is 24.1 Å². The van der Waals surface area contributed by atoms with Crippen molar-refractivity contribution in [3.63, 3.8) is 0 Å². The highest BCUT2D eigenvalue weighted by atomic mass is 33.1. The molecule has 2 fully saturated rings. The average molecular weight is 826 g/mol. The van der Waals surface area contributed by atoms with Gasteiger partial charge in [-0.15, -0.1) is 0 Å². The summed E-state index contributed by atoms with van der Waals surface area (Å²) in [4.78, 5) is 1.31. The number of ether oxygens (including phenoxy) is 3. The van der Waals surface area contributed by atoms with Crippen LogP contribution in [-0.2, 0) is 15.9 Å². The zero-order valence-electron chi connectivity index (χ0n) is 31.6. The first-order valence-electron chi connectivity index (χ1n) is 19.0. The van der Waals surface area contributed by atoms with Crippen molar-refractivity contribution in [2.45, 2.75) is 132 Å². The molecular formula is C38H56F9NO4S2. The molecular weight excluding hydrogens is 770 g/mol. The third-order valence-corrected chi connectivity index (χ3v) is 15.2. The maximum absolute atomic E-state index is 13.2. The van der Waals surface area contributed by atoms with E-state index in [1.165, 1.54) is 23.1 Å². The number of nitrogens with zero attached hydrogens (tertiary/aromatic N) is 1. The summed E-state index contributed by atoms with van der Waals surface area (Å²) >= 11 is 0. The van der Waals surface area contributed by atoms with Crippen LogP contribution in [0.4, 0.5) is 39.5 Å². The number of aliphatic hydroxyl groups is 1. The number of fused-ring (bicyclic) bond motifs is 5. The second kappa shape index (κ2) is 18.7. The van der Waals surface area contributed by atoms with E-state index in [4.69, 9.17) is 14.6 Å². The van der Waals surface area contributed by atoms with Crippen LogP contribution in [0, 0.1) is 17.3 Å². The van der Waals surface area contributed by atoms with Crippen LogP contribution in [0.15, 0.2) is 18.2 Å². The van der Waals surface area contributed by atoms with Gasteiger partial charge in [-0.2, -0.15) is 39.5 Å². The first-order chi connectivity index (χ1) is 25.2. The van der Waals surface area contributed by atoms with Crippen LogP contribution in [-0.4, -0.2) is 97.3 Å². The molecule has 3 aliphatic rings. The van der Waals surface area contributed by atoms with Crippen molar-refractivity contribution in [1.29, 1.82) is 0 Å². The van der Waals surface area contributed by atoms with Crippen LogP contribution < -0.4 is 4.74 Å². The molecule has 1 aromatic carbocycles. The fourth-order valence-electron chi connectivity index (χ4n) is 8.70. The Morgan fingerprint density at radius 3 is 2.19 bits per heavy atom. The minimum absolute atomic E-state index is 0.0729. The van der Waals surface area contributed by atoms with Gasteiger partial charge < -0.3 is 24.2 Å². The van der Waals surface area contributed by atoms with Gasteiger partial charge in [0.25, 0.3) is 0 Å². The maximum atomic E-state index is 13.2. The van der Waals surface area contributed by atoms with E-state index in [2.05, 4.69) is 43.7 Å². The van der Waals surface area contributed by atoms with E-state index >= 15 is 0 Å². The molecule has 0 amide bonds. The molecule has 0 heterocycles. The van der Waals surface area contributed by atoms with Gasteiger partial charge in [-0.3, -0.25) is 0 Å². The molecule has 312 valence electrons. The Morgan fingerprint density at radius 1 is 0.852 bits per heavy atom. The Bertz CT molecular complexity index is 1290. The number of rotatable bonds is 20. The van der Waals surface area contributed by atoms with E-state index in [1.54, 1.807) is 0 Å². The molecule has 2 saturated carbocycles. The predicted molar refractivity (Wildman–Crippen MR) is 195 cm³/mol. The van der Waals surface area contributed by atoms with Crippen molar-refractivity contribution in [2.75, 3.05) is 52.3 Å². The van der Waals surface area contributed by atoms with Gasteiger partial charge in [-0.1, -0.05) is 47.4 Å². The molecule has 0 aliphatic heterocycles. The highest BCUT2D eigenvalue weighted by Gasteiger charge is 2.85. The Balaban J connectivity index is 1.23. The Morgan fingerprint density at radius 2 is 1.52 bits per heavy atom. The second-order valence-corrected chi connectivity index (χ2v) is 19.1. The summed E-state index contributed by atoms with van der Waals surface area (Å²) in [6, 6.07) is 6.53. The largest absolute Gasteiger partial charge is 0.494 e. The van der Waals surface area contributed by atoms with Crippen LogP contribution >= 0.6 is 21.6 Å². The summed E-state index contributed by atoms with van der Waals surface area (Å²) in [5, 5.41) is 8.91. The topological polar surface area (TPSA) is 51.2 Å². The van der Waals surface area contributed by atoms with Crippen molar-refractivity contribution in [3.8, 4) is 5.75 Å². The molecule has 54 heavy (non-hydrogen) atoms. The monoisotopic (exact) mass is 825 g/mol. The molecule has 1 N–H and O–H groups in total. The molecule has 5 nitrogen and oxygen atoms in total. The van der Waals surface area contributed by atoms with Gasteiger partial charge in [0.2, 0.25) is 0 Å². The van der Waals surface area contributed by atoms with Crippen molar-refractivity contribution < 1.29 is 58.8 Å². The van der Waals surface area contributed by atoms with Gasteiger partial charge in [0.15, 0.2) is 0 Å². The minimum atomic E-state index is -6.74. The number of alkyl halides is 9. The molecule has 5 atom stereocenters. The SMILES string of the molecule is CN(CCO[C@H]1CC[C@H]2C3CCc4cc(OCCC(C)(C)SSCCCCCCO)ccc4C3CC[C@]12C)CCOC(C(F)(F)F)(C(F)(F)F)C(F)(F)F. The number of halogens is 9. The van der Waals surface area contributed by atoms with Gasteiger partial charge in [0.05, 0.1) is 25.9 Å². The molecule has 1 aromatic rings. The molecule has 0 saturated heterocycles. The number of benzene rings is 1. The standard InChI is InChI=1S/C38H56F9NO4S2/c1-33(2,54-53-24-8-6-5-7-20-49)17-21-50-27-10-12-28-26(25-27)9-11-30-29(28)15-16-34(3)31(30)13-14-32(34)51-22-18-48(4)19-23-52-35(36(39,40)41,37(42,43)44)38(45,46)47/h10,12,25,29-32,49H,5-9,11,13-24H2,1-4H3/t29?,30?,31-,32-,34-/m0/s1. The molecule has 0 bridgehead atoms. The van der Waals surface area contributed by atoms with E-state index in [0.29, 0.717) is 24.4 Å². The third kappa shape index (κ3) is 10.7. The van der Waals surface area contributed by atoms with Gasteiger partial charge in [0.1, 0.15) is 5.75 Å². The maximum Gasteiger partial charge on any atom is 0.435 e. The van der Waals surface area contributed by atoms with Gasteiger partial charge in [-0.05, 0) is 125 Å². The fourth-order valence-corrected chi connectivity index (χ4v) is 11.4. The van der Waals surface area contributed by atoms with E-state index in [0.717, 1.165) is 82.1 Å². The van der Waals surface area contributed by atoms with Crippen molar-refractivity contribution in [3.05, 3.63) is 29.3 Å². The average Bonchev–Trinajstić information content (AvgIpc) is 3.40. The molecule has 2 unspecified atom stereocenters. The Labute approximate surface area is 321 Å². The Kier molecular flexibility index (Phi) is 15.8. The van der Waals surface area contributed by atoms with Crippen LogP contribution in [0.2, 0.25) is 0 Å². The number of hydrogen-bond donors (Lipinski definition) is 1. The van der Waals surface area contributed by atoms with Crippen molar-refractivity contribution in [1.82, 2.24) is 4.90 Å². The molecule has 0 spiro atoms. The smallest absolute Gasteiger partial charge is 0.435 e. The lowest BCUT2D eigenvalue weighted by Gasteiger charge is -2.50. The van der Waals surface area contributed by atoms with E-state index in [1.807, 2.05) is 21.6 Å². The van der Waals surface area contributed by atoms with E-state index in [-0.39, 0.29) is 36.0 Å². The molecule has 0 aromatic heterocycles. The summed E-state index contributed by atoms with van der Waals surface area (Å²) in [7, 11) is 5.20. The van der Waals surface area contributed by atoms with Crippen molar-refractivity contribution in [2.24, 2.45) is 17.3 Å². The second-order valence-electron chi connectivity index (χ2n) is 16.0. The number of likely N-dealkylation sites (N-methyl/N-ethyl adjacent to an activating group) is 1. The van der Waals surface area contributed by atoms with Crippen LogP contribution in [0.25, 0.3) is 0 Å². The first-order valence-corrected chi connectivity index (χ1v) is 21.3. The lowest BCUT2D eigenvalue weighted by Crippen LogP contribution is -2.68. The van der Waals surface area contributed by atoms with Crippen molar-refractivity contribution >= 4 is 21.6 Å². The summed E-state index contributed by atoms with van der Waals surface area (Å²) in [5.74, 6) is 3.38. The van der Waals surface area contributed by atoms with Crippen LogP contribution in [0.5, 0.6) is 5.75 Å². The number of aryl methyl sites for hydroxylation is 1. The van der Waals surface area contributed by atoms with E-state index < -0.39 is 37.3 Å². The summed E-state index contributed by atoms with van der Waals surface area (Å²) in [5.41, 5.74) is -3.60. The van der Waals surface area contributed by atoms with Crippen LogP contribution in [0.1, 0.15) is 102 Å². The lowest BCUT2D eigenvalue weighted by atomic mass is 9.55. The van der Waals surface area contributed by atoms with Gasteiger partial charge in [0, 0.05) is 30.2 Å². The van der Waals surface area contributed by atoms with E-state index in [9.17, 15) is 39.5 Å². The minimum Gasteiger partial charge on any atom is -0.494 e. The summed E-state index contributed by atoms with van der Waals surface area (Å²) < 4.78 is 135. The zero-order chi connectivity index (χ0) is 40.0. The Hall–Kier alpha value is -1.07. The predicted octanol–water partition coefficient (Wildman–Crippen LogP) is 10.8.